The summed E-state index contributed by atoms with van der Waals surface area (Å²) in [5.74, 6) is -0.203. The molecule has 9 nitrogen and oxygen atoms in total. The van der Waals surface area contributed by atoms with Crippen LogP contribution in [0.25, 0.3) is 0 Å². The minimum Gasteiger partial charge on any atom is -0.492 e. The van der Waals surface area contributed by atoms with Crippen molar-refractivity contribution in [3.63, 3.8) is 0 Å². The molecule has 0 aliphatic rings. The van der Waals surface area contributed by atoms with Crippen molar-refractivity contribution in [2.24, 2.45) is 0 Å². The molecular weight excluding hydrogens is 384 g/mol. The number of anilines is 2. The van der Waals surface area contributed by atoms with E-state index in [1.807, 2.05) is 43.3 Å². The fourth-order valence-electron chi connectivity index (χ4n) is 2.82. The van der Waals surface area contributed by atoms with Gasteiger partial charge in [0.2, 0.25) is 5.91 Å². The maximum atomic E-state index is 12.4. The minimum absolute atomic E-state index is 0.00872. The van der Waals surface area contributed by atoms with Crippen LogP contribution in [0.5, 0.6) is 5.75 Å². The molecule has 0 aliphatic carbocycles. The van der Waals surface area contributed by atoms with Crippen molar-refractivity contribution < 1.29 is 14.3 Å². The maximum absolute atomic E-state index is 12.4. The molecule has 2 amide bonds. The van der Waals surface area contributed by atoms with Crippen molar-refractivity contribution in [1.29, 1.82) is 0 Å². The number of benzene rings is 2. The summed E-state index contributed by atoms with van der Waals surface area (Å²) in [6, 6.07) is 16.9. The molecule has 0 fully saturated rings. The number of nitrogens with zero attached hydrogens (tertiary/aromatic N) is 3. The molecule has 0 atom stereocenters. The Morgan fingerprint density at radius 3 is 2.60 bits per heavy atom. The number of amides is 2. The first-order chi connectivity index (χ1) is 14.6. The first-order valence-electron chi connectivity index (χ1n) is 9.61. The van der Waals surface area contributed by atoms with Gasteiger partial charge in [-0.2, -0.15) is 0 Å². The number of nitrogens with one attached hydrogen (secondary N) is 2. The first-order valence-corrected chi connectivity index (χ1v) is 9.61. The van der Waals surface area contributed by atoms with Crippen LogP contribution in [-0.4, -0.2) is 40.0 Å². The molecule has 4 N–H and O–H groups in total. The van der Waals surface area contributed by atoms with Gasteiger partial charge in [-0.15, -0.1) is 5.10 Å². The Labute approximate surface area is 174 Å². The highest BCUT2D eigenvalue weighted by Gasteiger charge is 2.19. The third-order valence-electron chi connectivity index (χ3n) is 4.28. The van der Waals surface area contributed by atoms with Crippen LogP contribution in [0, 0.1) is 0 Å². The largest absolute Gasteiger partial charge is 0.492 e. The SMILES string of the molecule is CCOc1ccccc1NC(=O)Cn1nnc(C(=O)NCCc2ccccc2)c1N. The van der Waals surface area contributed by atoms with Gasteiger partial charge in [-0.05, 0) is 31.0 Å². The second-order valence-corrected chi connectivity index (χ2v) is 6.45. The third kappa shape index (κ3) is 5.34. The smallest absolute Gasteiger partial charge is 0.275 e. The highest BCUT2D eigenvalue weighted by atomic mass is 16.5. The third-order valence-corrected chi connectivity index (χ3v) is 4.28. The summed E-state index contributed by atoms with van der Waals surface area (Å²) in [6.45, 7) is 2.59. The molecule has 0 unspecified atom stereocenters. The van der Waals surface area contributed by atoms with Crippen LogP contribution >= 0.6 is 0 Å². The Balaban J connectivity index is 1.57. The quantitative estimate of drug-likeness (QED) is 0.496. The molecule has 0 radical (unpaired) electrons. The van der Waals surface area contributed by atoms with E-state index in [2.05, 4.69) is 20.9 Å². The van der Waals surface area contributed by atoms with Crippen molar-refractivity contribution in [2.45, 2.75) is 19.9 Å². The second-order valence-electron chi connectivity index (χ2n) is 6.45. The summed E-state index contributed by atoms with van der Waals surface area (Å²) in [4.78, 5) is 24.7. The number of aromatic nitrogens is 3. The topological polar surface area (TPSA) is 124 Å². The predicted octanol–water partition coefficient (Wildman–Crippen LogP) is 1.87. The Morgan fingerprint density at radius 1 is 1.10 bits per heavy atom. The molecule has 0 spiro atoms. The van der Waals surface area contributed by atoms with Crippen molar-refractivity contribution in [2.75, 3.05) is 24.2 Å². The van der Waals surface area contributed by atoms with E-state index in [-0.39, 0.29) is 24.0 Å². The number of carbonyl (C=O) groups is 2. The van der Waals surface area contributed by atoms with Crippen LogP contribution in [0.2, 0.25) is 0 Å². The van der Waals surface area contributed by atoms with Gasteiger partial charge in [0.15, 0.2) is 11.5 Å². The lowest BCUT2D eigenvalue weighted by Crippen LogP contribution is -2.27. The number of hydrogen-bond acceptors (Lipinski definition) is 6. The summed E-state index contributed by atoms with van der Waals surface area (Å²) in [5, 5.41) is 13.2. The van der Waals surface area contributed by atoms with Crippen molar-refractivity contribution in [1.82, 2.24) is 20.3 Å². The zero-order chi connectivity index (χ0) is 21.3. The molecule has 2 aromatic carbocycles. The lowest BCUT2D eigenvalue weighted by molar-refractivity contribution is -0.116. The van der Waals surface area contributed by atoms with E-state index in [1.165, 1.54) is 4.68 Å². The molecule has 0 saturated heterocycles. The van der Waals surface area contributed by atoms with Gasteiger partial charge in [-0.3, -0.25) is 9.59 Å². The van der Waals surface area contributed by atoms with Gasteiger partial charge in [0.25, 0.3) is 5.91 Å². The fourth-order valence-corrected chi connectivity index (χ4v) is 2.82. The number of nitrogens with two attached hydrogens (primary N) is 1. The zero-order valence-electron chi connectivity index (χ0n) is 16.7. The molecule has 3 aromatic rings. The van der Waals surface area contributed by atoms with Crippen molar-refractivity contribution >= 4 is 23.3 Å². The van der Waals surface area contributed by atoms with Crippen molar-refractivity contribution in [3.05, 3.63) is 65.9 Å². The van der Waals surface area contributed by atoms with E-state index < -0.39 is 5.91 Å². The van der Waals surface area contributed by atoms with E-state index in [0.717, 1.165) is 5.56 Å². The van der Waals surface area contributed by atoms with E-state index in [1.54, 1.807) is 18.2 Å². The van der Waals surface area contributed by atoms with Gasteiger partial charge >= 0.3 is 0 Å². The van der Waals surface area contributed by atoms with Crippen LogP contribution in [0.3, 0.4) is 0 Å². The molecule has 156 valence electrons. The van der Waals surface area contributed by atoms with E-state index in [4.69, 9.17) is 10.5 Å². The van der Waals surface area contributed by atoms with Crippen LogP contribution in [0.15, 0.2) is 54.6 Å². The van der Waals surface area contributed by atoms with Gasteiger partial charge in [0.05, 0.1) is 12.3 Å². The number of rotatable bonds is 9. The van der Waals surface area contributed by atoms with Gasteiger partial charge in [0, 0.05) is 6.54 Å². The molecular formula is C21H24N6O3. The lowest BCUT2D eigenvalue weighted by atomic mass is 10.1. The average Bonchev–Trinajstić information content (AvgIpc) is 3.10. The van der Waals surface area contributed by atoms with E-state index >= 15 is 0 Å². The van der Waals surface area contributed by atoms with E-state index in [0.29, 0.717) is 31.0 Å². The molecule has 1 aromatic heterocycles. The highest BCUT2D eigenvalue weighted by molar-refractivity contribution is 5.97. The molecule has 9 heteroatoms. The Bertz CT molecular complexity index is 1000. The summed E-state index contributed by atoms with van der Waals surface area (Å²) >= 11 is 0. The van der Waals surface area contributed by atoms with Crippen LogP contribution in [0.1, 0.15) is 23.0 Å². The number of hydrogen-bond donors (Lipinski definition) is 3. The second kappa shape index (κ2) is 10.1. The molecule has 30 heavy (non-hydrogen) atoms. The number of para-hydroxylation sites is 2. The maximum Gasteiger partial charge on any atom is 0.275 e. The number of ether oxygens (including phenoxy) is 1. The van der Waals surface area contributed by atoms with Gasteiger partial charge < -0.3 is 21.1 Å². The summed E-state index contributed by atoms with van der Waals surface area (Å²) in [5.41, 5.74) is 7.62. The standard InChI is InChI=1S/C21H24N6O3/c1-2-30-17-11-7-6-10-16(17)24-18(28)14-27-20(22)19(25-26-27)21(29)23-13-12-15-8-4-3-5-9-15/h3-11H,2,12-14,22H2,1H3,(H,23,29)(H,24,28). The summed E-state index contributed by atoms with van der Waals surface area (Å²) in [7, 11) is 0. The van der Waals surface area contributed by atoms with Crippen LogP contribution in [0.4, 0.5) is 11.5 Å². The summed E-state index contributed by atoms with van der Waals surface area (Å²) in [6.07, 6.45) is 0.683. The Morgan fingerprint density at radius 2 is 1.83 bits per heavy atom. The van der Waals surface area contributed by atoms with Gasteiger partial charge in [-0.1, -0.05) is 47.7 Å². The van der Waals surface area contributed by atoms with E-state index in [9.17, 15) is 9.59 Å². The van der Waals surface area contributed by atoms with Crippen LogP contribution < -0.4 is 21.1 Å². The average molecular weight is 408 g/mol. The van der Waals surface area contributed by atoms with Gasteiger partial charge in [-0.25, -0.2) is 4.68 Å². The number of carbonyl (C=O) groups excluding carboxylic acids is 2. The highest BCUT2D eigenvalue weighted by Crippen LogP contribution is 2.23. The first kappa shape index (κ1) is 20.8. The monoisotopic (exact) mass is 408 g/mol. The normalized spacial score (nSPS) is 10.4. The molecule has 0 aliphatic heterocycles. The summed E-state index contributed by atoms with van der Waals surface area (Å²) < 4.78 is 6.67. The Hall–Kier alpha value is -3.88. The lowest BCUT2D eigenvalue weighted by Gasteiger charge is -2.11. The predicted molar refractivity (Wildman–Crippen MR) is 113 cm³/mol. The zero-order valence-corrected chi connectivity index (χ0v) is 16.7. The minimum atomic E-state index is -0.434. The number of nitrogen functional groups attached to an aromatic ring is 1. The molecule has 1 heterocycles. The molecule has 3 rings (SSSR count). The molecule has 0 bridgehead atoms. The Kier molecular flexibility index (Phi) is 6.99. The fraction of sp³-hybridized carbons (Fsp3) is 0.238. The van der Waals surface area contributed by atoms with Gasteiger partial charge in [0.1, 0.15) is 12.3 Å². The van der Waals surface area contributed by atoms with Crippen LogP contribution in [-0.2, 0) is 17.8 Å². The van der Waals surface area contributed by atoms with Crippen molar-refractivity contribution in [3.8, 4) is 5.75 Å². The molecule has 0 saturated carbocycles.